The fourth-order valence-electron chi connectivity index (χ4n) is 2.54. The summed E-state index contributed by atoms with van der Waals surface area (Å²) in [6, 6.07) is 9.69. The Labute approximate surface area is 139 Å². The highest BCUT2D eigenvalue weighted by atomic mass is 16.5. The molecule has 0 aliphatic carbocycles. The monoisotopic (exact) mass is 320 g/mol. The Balaban J connectivity index is 1.41. The molecule has 1 aromatic rings. The fraction of sp³-hybridized carbons (Fsp3) is 0.611. The van der Waals surface area contributed by atoms with Crippen molar-refractivity contribution in [3.05, 3.63) is 30.3 Å². The number of nitrogens with one attached hydrogen (secondary N) is 1. The summed E-state index contributed by atoms with van der Waals surface area (Å²) in [6.07, 6.45) is 3.42. The summed E-state index contributed by atoms with van der Waals surface area (Å²) < 4.78 is 10.9. The summed E-state index contributed by atoms with van der Waals surface area (Å²) in [4.78, 5) is 14.1. The molecule has 1 aliphatic heterocycles. The molecule has 1 fully saturated rings. The number of hydrogen-bond donors (Lipinski definition) is 1. The van der Waals surface area contributed by atoms with E-state index in [2.05, 4.69) is 10.2 Å². The molecule has 0 spiro atoms. The van der Waals surface area contributed by atoms with Crippen molar-refractivity contribution >= 4 is 5.91 Å². The number of hydrogen-bond acceptors (Lipinski definition) is 4. The van der Waals surface area contributed by atoms with Gasteiger partial charge in [-0.25, -0.2) is 0 Å². The lowest BCUT2D eigenvalue weighted by Crippen LogP contribution is -2.37. The standard InChI is InChI=1S/C18H28N2O3/c21-18(9-6-14-23-17-7-2-1-3-8-17)19-10-4-5-11-20-12-15-22-16-13-20/h1-3,7-8H,4-6,9-16H2,(H,19,21). The SMILES string of the molecule is O=C(CCCOc1ccccc1)NCCCCN1CCOCC1. The van der Waals surface area contributed by atoms with Crippen molar-refractivity contribution in [3.8, 4) is 5.75 Å². The van der Waals surface area contributed by atoms with E-state index >= 15 is 0 Å². The van der Waals surface area contributed by atoms with Crippen LogP contribution in [0.3, 0.4) is 0 Å². The highest BCUT2D eigenvalue weighted by Gasteiger charge is 2.09. The topological polar surface area (TPSA) is 50.8 Å². The smallest absolute Gasteiger partial charge is 0.220 e. The van der Waals surface area contributed by atoms with E-state index in [1.54, 1.807) is 0 Å². The van der Waals surface area contributed by atoms with Crippen LogP contribution in [-0.4, -0.2) is 56.8 Å². The molecular weight excluding hydrogens is 292 g/mol. The predicted octanol–water partition coefficient (Wildman–Crippen LogP) is 2.07. The van der Waals surface area contributed by atoms with Gasteiger partial charge in [0.2, 0.25) is 5.91 Å². The van der Waals surface area contributed by atoms with E-state index in [0.29, 0.717) is 13.0 Å². The van der Waals surface area contributed by atoms with Crippen LogP contribution < -0.4 is 10.1 Å². The first-order valence-corrected chi connectivity index (χ1v) is 8.59. The summed E-state index contributed by atoms with van der Waals surface area (Å²) in [5.41, 5.74) is 0. The molecule has 5 heteroatoms. The Hall–Kier alpha value is -1.59. The number of ether oxygens (including phenoxy) is 2. The van der Waals surface area contributed by atoms with Crippen LogP contribution in [0.25, 0.3) is 0 Å². The van der Waals surface area contributed by atoms with Crippen LogP contribution in [0.2, 0.25) is 0 Å². The first-order valence-electron chi connectivity index (χ1n) is 8.59. The number of morpholine rings is 1. The fourth-order valence-corrected chi connectivity index (χ4v) is 2.54. The van der Waals surface area contributed by atoms with Gasteiger partial charge in [-0.05, 0) is 37.9 Å². The molecular formula is C18H28N2O3. The minimum atomic E-state index is 0.119. The minimum Gasteiger partial charge on any atom is -0.494 e. The van der Waals surface area contributed by atoms with Gasteiger partial charge in [0.15, 0.2) is 0 Å². The van der Waals surface area contributed by atoms with Crippen LogP contribution in [0, 0.1) is 0 Å². The second-order valence-corrected chi connectivity index (χ2v) is 5.78. The van der Waals surface area contributed by atoms with Crippen LogP contribution >= 0.6 is 0 Å². The van der Waals surface area contributed by atoms with Gasteiger partial charge in [-0.3, -0.25) is 9.69 Å². The number of nitrogens with zero attached hydrogens (tertiary/aromatic N) is 1. The first kappa shape index (κ1) is 17.8. The average Bonchev–Trinajstić information content (AvgIpc) is 2.60. The van der Waals surface area contributed by atoms with Gasteiger partial charge in [-0.2, -0.15) is 0 Å². The maximum atomic E-state index is 11.7. The third-order valence-corrected chi connectivity index (χ3v) is 3.89. The van der Waals surface area contributed by atoms with E-state index in [0.717, 1.165) is 64.4 Å². The molecule has 0 atom stereocenters. The van der Waals surface area contributed by atoms with Gasteiger partial charge >= 0.3 is 0 Å². The van der Waals surface area contributed by atoms with Crippen molar-refractivity contribution in [1.29, 1.82) is 0 Å². The van der Waals surface area contributed by atoms with Crippen molar-refractivity contribution < 1.29 is 14.3 Å². The third kappa shape index (κ3) is 8.00. The Kier molecular flexibility index (Phi) is 8.51. The van der Waals surface area contributed by atoms with Crippen molar-refractivity contribution in [2.75, 3.05) is 46.0 Å². The number of para-hydroxylation sites is 1. The minimum absolute atomic E-state index is 0.119. The van der Waals surface area contributed by atoms with Crippen molar-refractivity contribution in [3.63, 3.8) is 0 Å². The average molecular weight is 320 g/mol. The molecule has 1 aliphatic rings. The van der Waals surface area contributed by atoms with Crippen LogP contribution in [0.1, 0.15) is 25.7 Å². The highest BCUT2D eigenvalue weighted by molar-refractivity contribution is 5.75. The predicted molar refractivity (Wildman–Crippen MR) is 90.7 cm³/mol. The lowest BCUT2D eigenvalue weighted by atomic mass is 10.2. The van der Waals surface area contributed by atoms with Crippen LogP contribution in [-0.2, 0) is 9.53 Å². The lowest BCUT2D eigenvalue weighted by Gasteiger charge is -2.26. The number of carbonyl (C=O) groups excluding carboxylic acids is 1. The number of carbonyl (C=O) groups is 1. The lowest BCUT2D eigenvalue weighted by molar-refractivity contribution is -0.121. The van der Waals surface area contributed by atoms with E-state index in [1.165, 1.54) is 0 Å². The second-order valence-electron chi connectivity index (χ2n) is 5.78. The maximum Gasteiger partial charge on any atom is 0.220 e. The van der Waals surface area contributed by atoms with Gasteiger partial charge in [0.05, 0.1) is 19.8 Å². The summed E-state index contributed by atoms with van der Waals surface area (Å²) in [5.74, 6) is 0.976. The van der Waals surface area contributed by atoms with Crippen LogP contribution in [0.15, 0.2) is 30.3 Å². The van der Waals surface area contributed by atoms with Gasteiger partial charge in [-0.1, -0.05) is 18.2 Å². The summed E-state index contributed by atoms with van der Waals surface area (Å²) in [6.45, 7) is 6.21. The quantitative estimate of drug-likeness (QED) is 0.671. The zero-order valence-corrected chi connectivity index (χ0v) is 13.8. The number of benzene rings is 1. The molecule has 128 valence electrons. The Bertz CT molecular complexity index is 433. The molecule has 1 aromatic carbocycles. The zero-order valence-electron chi connectivity index (χ0n) is 13.8. The third-order valence-electron chi connectivity index (χ3n) is 3.89. The van der Waals surface area contributed by atoms with Gasteiger partial charge in [0, 0.05) is 26.1 Å². The molecule has 2 rings (SSSR count). The van der Waals surface area contributed by atoms with E-state index in [4.69, 9.17) is 9.47 Å². The van der Waals surface area contributed by atoms with Gasteiger partial charge in [0.1, 0.15) is 5.75 Å². The summed E-state index contributed by atoms with van der Waals surface area (Å²) >= 11 is 0. The first-order chi connectivity index (χ1) is 11.3. The van der Waals surface area contributed by atoms with Gasteiger partial charge in [-0.15, -0.1) is 0 Å². The molecule has 1 saturated heterocycles. The number of amides is 1. The van der Waals surface area contributed by atoms with Crippen molar-refractivity contribution in [1.82, 2.24) is 10.2 Å². The zero-order chi connectivity index (χ0) is 16.2. The van der Waals surface area contributed by atoms with E-state index in [1.807, 2.05) is 30.3 Å². The van der Waals surface area contributed by atoms with Crippen molar-refractivity contribution in [2.24, 2.45) is 0 Å². The molecule has 1 N–H and O–H groups in total. The summed E-state index contributed by atoms with van der Waals surface area (Å²) in [5, 5.41) is 2.98. The van der Waals surface area contributed by atoms with E-state index in [9.17, 15) is 4.79 Å². The number of rotatable bonds is 10. The highest BCUT2D eigenvalue weighted by Crippen LogP contribution is 2.08. The Morgan fingerprint density at radius 2 is 1.91 bits per heavy atom. The van der Waals surface area contributed by atoms with Crippen LogP contribution in [0.4, 0.5) is 0 Å². The summed E-state index contributed by atoms with van der Waals surface area (Å²) in [7, 11) is 0. The normalized spacial score (nSPS) is 15.3. The van der Waals surface area contributed by atoms with E-state index < -0.39 is 0 Å². The molecule has 23 heavy (non-hydrogen) atoms. The molecule has 0 aromatic heterocycles. The molecule has 1 amide bonds. The van der Waals surface area contributed by atoms with Crippen LogP contribution in [0.5, 0.6) is 5.75 Å². The van der Waals surface area contributed by atoms with Gasteiger partial charge in [0.25, 0.3) is 0 Å². The van der Waals surface area contributed by atoms with E-state index in [-0.39, 0.29) is 5.91 Å². The van der Waals surface area contributed by atoms with Gasteiger partial charge < -0.3 is 14.8 Å². The molecule has 0 radical (unpaired) electrons. The Morgan fingerprint density at radius 3 is 2.70 bits per heavy atom. The molecule has 0 bridgehead atoms. The Morgan fingerprint density at radius 1 is 1.13 bits per heavy atom. The molecule has 1 heterocycles. The second kappa shape index (κ2) is 11.0. The van der Waals surface area contributed by atoms with Crippen molar-refractivity contribution in [2.45, 2.75) is 25.7 Å². The molecule has 0 saturated carbocycles. The number of unbranched alkanes of at least 4 members (excludes halogenated alkanes) is 1. The molecule has 5 nitrogen and oxygen atoms in total. The molecule has 0 unspecified atom stereocenters. The largest absolute Gasteiger partial charge is 0.494 e. The maximum absolute atomic E-state index is 11.7.